The molecule has 1 aliphatic carbocycles. The van der Waals surface area contributed by atoms with Crippen molar-refractivity contribution in [2.45, 2.75) is 83.2 Å². The van der Waals surface area contributed by atoms with Crippen molar-refractivity contribution in [3.05, 3.63) is 0 Å². The molecule has 1 saturated heterocycles. The lowest BCUT2D eigenvalue weighted by Crippen LogP contribution is -2.48. The van der Waals surface area contributed by atoms with Gasteiger partial charge in [0.05, 0.1) is 12.0 Å². The van der Waals surface area contributed by atoms with Crippen LogP contribution < -0.4 is 0 Å². The van der Waals surface area contributed by atoms with Gasteiger partial charge < -0.3 is 0 Å². The molecule has 1 aliphatic heterocycles. The van der Waals surface area contributed by atoms with Crippen molar-refractivity contribution >= 4 is 0 Å². The molecule has 2 heteroatoms. The van der Waals surface area contributed by atoms with E-state index < -0.39 is 0 Å². The van der Waals surface area contributed by atoms with E-state index in [0.29, 0.717) is 12.0 Å². The van der Waals surface area contributed by atoms with Gasteiger partial charge in [0.25, 0.3) is 0 Å². The molecule has 3 atom stereocenters. The second-order valence-electron chi connectivity index (χ2n) is 6.12. The Balaban J connectivity index is 2.07. The van der Waals surface area contributed by atoms with E-state index in [9.17, 15) is 5.26 Å². The van der Waals surface area contributed by atoms with E-state index in [4.69, 9.17) is 0 Å². The zero-order valence-corrected chi connectivity index (χ0v) is 11.9. The number of hydrogen-bond acceptors (Lipinski definition) is 2. The van der Waals surface area contributed by atoms with E-state index in [1.807, 2.05) is 0 Å². The van der Waals surface area contributed by atoms with Crippen molar-refractivity contribution in [1.82, 2.24) is 4.90 Å². The average Bonchev–Trinajstić information content (AvgIpc) is 2.65. The van der Waals surface area contributed by atoms with E-state index in [2.05, 4.69) is 17.9 Å². The molecule has 0 aromatic rings. The summed E-state index contributed by atoms with van der Waals surface area (Å²) in [6, 6.07) is 3.94. The normalized spacial score (nSPS) is 34.8. The van der Waals surface area contributed by atoms with E-state index >= 15 is 0 Å². The highest BCUT2D eigenvalue weighted by atomic mass is 15.2. The minimum Gasteiger partial charge on any atom is -0.296 e. The lowest BCUT2D eigenvalue weighted by Gasteiger charge is -2.42. The predicted molar refractivity (Wildman–Crippen MR) is 75.2 cm³/mol. The summed E-state index contributed by atoms with van der Waals surface area (Å²) >= 11 is 0. The van der Waals surface area contributed by atoms with Crippen LogP contribution in [0.4, 0.5) is 0 Å². The van der Waals surface area contributed by atoms with Crippen molar-refractivity contribution in [2.75, 3.05) is 6.54 Å². The molecular weight excluding hydrogens is 220 g/mol. The zero-order chi connectivity index (χ0) is 12.8. The van der Waals surface area contributed by atoms with E-state index in [1.54, 1.807) is 0 Å². The number of nitrogens with zero attached hydrogens (tertiary/aromatic N) is 2. The molecule has 0 aromatic carbocycles. The lowest BCUT2D eigenvalue weighted by atomic mass is 9.89. The van der Waals surface area contributed by atoms with Gasteiger partial charge in [-0.3, -0.25) is 4.90 Å². The fourth-order valence-corrected chi connectivity index (χ4v) is 3.94. The lowest BCUT2D eigenvalue weighted by molar-refractivity contribution is 0.0641. The van der Waals surface area contributed by atoms with Crippen LogP contribution >= 0.6 is 0 Å². The molecule has 2 rings (SSSR count). The summed E-state index contributed by atoms with van der Waals surface area (Å²) in [5, 5.41) is 9.46. The number of piperidine rings is 1. The Labute approximate surface area is 112 Å². The number of rotatable bonds is 3. The topological polar surface area (TPSA) is 27.0 Å². The van der Waals surface area contributed by atoms with Gasteiger partial charge in [-0.05, 0) is 38.6 Å². The Morgan fingerprint density at radius 3 is 2.61 bits per heavy atom. The smallest absolute Gasteiger partial charge is 0.0672 e. The first kappa shape index (κ1) is 13.9. The Kier molecular flexibility index (Phi) is 5.50. The molecule has 0 spiro atoms. The van der Waals surface area contributed by atoms with Crippen molar-refractivity contribution < 1.29 is 0 Å². The molecule has 3 unspecified atom stereocenters. The molecule has 0 bridgehead atoms. The molecule has 0 amide bonds. The van der Waals surface area contributed by atoms with Crippen LogP contribution in [0.2, 0.25) is 0 Å². The summed E-state index contributed by atoms with van der Waals surface area (Å²) in [6.45, 7) is 3.54. The molecular formula is C16H28N2. The first-order valence-electron chi connectivity index (χ1n) is 8.02. The van der Waals surface area contributed by atoms with Crippen molar-refractivity contribution in [3.8, 4) is 6.07 Å². The Hall–Kier alpha value is -0.550. The van der Waals surface area contributed by atoms with Crippen LogP contribution in [0, 0.1) is 17.2 Å². The van der Waals surface area contributed by atoms with Crippen molar-refractivity contribution in [3.63, 3.8) is 0 Å². The van der Waals surface area contributed by atoms with Crippen LogP contribution in [0.15, 0.2) is 0 Å². The second-order valence-corrected chi connectivity index (χ2v) is 6.12. The third kappa shape index (κ3) is 3.26. The average molecular weight is 248 g/mol. The molecule has 18 heavy (non-hydrogen) atoms. The fraction of sp³-hybridized carbons (Fsp3) is 0.938. The number of nitriles is 1. The molecule has 102 valence electrons. The van der Waals surface area contributed by atoms with Gasteiger partial charge in [-0.25, -0.2) is 0 Å². The fourth-order valence-electron chi connectivity index (χ4n) is 3.94. The standard InChI is InChI=1S/C16H28N2/c1-2-8-15-10-6-7-12-18(15)16-11-5-3-4-9-14(16)13-17/h14-16H,2-12H2,1H3. The van der Waals surface area contributed by atoms with Gasteiger partial charge in [-0.2, -0.15) is 5.26 Å². The second kappa shape index (κ2) is 7.14. The predicted octanol–water partition coefficient (Wildman–Crippen LogP) is 4.11. The van der Waals surface area contributed by atoms with Crippen LogP contribution in [0.1, 0.15) is 71.1 Å². The summed E-state index contributed by atoms with van der Waals surface area (Å²) in [4.78, 5) is 2.73. The summed E-state index contributed by atoms with van der Waals surface area (Å²) in [5.74, 6) is 0.296. The quantitative estimate of drug-likeness (QED) is 0.703. The minimum absolute atomic E-state index is 0.296. The van der Waals surface area contributed by atoms with Crippen LogP contribution in [0.3, 0.4) is 0 Å². The number of hydrogen-bond donors (Lipinski definition) is 0. The largest absolute Gasteiger partial charge is 0.296 e. The maximum atomic E-state index is 9.46. The van der Waals surface area contributed by atoms with Gasteiger partial charge in [-0.1, -0.05) is 39.0 Å². The van der Waals surface area contributed by atoms with Crippen molar-refractivity contribution in [2.24, 2.45) is 5.92 Å². The molecule has 1 heterocycles. The summed E-state index contributed by atoms with van der Waals surface area (Å²) in [6.07, 6.45) is 13.0. The SMILES string of the molecule is CCCC1CCCCN1C1CCCCCC1C#N. The van der Waals surface area contributed by atoms with Crippen LogP contribution in [-0.2, 0) is 0 Å². The highest BCUT2D eigenvalue weighted by Crippen LogP contribution is 2.32. The first-order chi connectivity index (χ1) is 8.86. The maximum absolute atomic E-state index is 9.46. The zero-order valence-electron chi connectivity index (χ0n) is 11.9. The Morgan fingerprint density at radius 2 is 1.83 bits per heavy atom. The van der Waals surface area contributed by atoms with Gasteiger partial charge in [0.1, 0.15) is 0 Å². The molecule has 1 saturated carbocycles. The van der Waals surface area contributed by atoms with Gasteiger partial charge in [0.15, 0.2) is 0 Å². The Morgan fingerprint density at radius 1 is 1.06 bits per heavy atom. The monoisotopic (exact) mass is 248 g/mol. The van der Waals surface area contributed by atoms with E-state index in [-0.39, 0.29) is 0 Å². The maximum Gasteiger partial charge on any atom is 0.0672 e. The van der Waals surface area contributed by atoms with Gasteiger partial charge in [-0.15, -0.1) is 0 Å². The minimum atomic E-state index is 0.296. The van der Waals surface area contributed by atoms with Crippen molar-refractivity contribution in [1.29, 1.82) is 5.26 Å². The molecule has 2 aliphatic rings. The first-order valence-corrected chi connectivity index (χ1v) is 8.02. The van der Waals surface area contributed by atoms with E-state index in [1.165, 1.54) is 64.3 Å². The highest BCUT2D eigenvalue weighted by Gasteiger charge is 2.33. The Bertz CT molecular complexity index is 279. The summed E-state index contributed by atoms with van der Waals surface area (Å²) in [5.41, 5.74) is 0. The molecule has 2 nitrogen and oxygen atoms in total. The number of likely N-dealkylation sites (tertiary alicyclic amines) is 1. The van der Waals surface area contributed by atoms with Gasteiger partial charge in [0.2, 0.25) is 0 Å². The third-order valence-electron chi connectivity index (χ3n) is 4.87. The van der Waals surface area contributed by atoms with Crippen LogP contribution in [0.5, 0.6) is 0 Å². The highest BCUT2D eigenvalue weighted by molar-refractivity contribution is 4.97. The molecule has 0 aromatic heterocycles. The summed E-state index contributed by atoms with van der Waals surface area (Å²) in [7, 11) is 0. The van der Waals surface area contributed by atoms with Gasteiger partial charge in [0, 0.05) is 12.1 Å². The third-order valence-corrected chi connectivity index (χ3v) is 4.87. The molecule has 0 radical (unpaired) electrons. The summed E-state index contributed by atoms with van der Waals surface area (Å²) < 4.78 is 0. The molecule has 2 fully saturated rings. The van der Waals surface area contributed by atoms with Gasteiger partial charge >= 0.3 is 0 Å². The van der Waals surface area contributed by atoms with E-state index in [0.717, 1.165) is 12.5 Å². The molecule has 0 N–H and O–H groups in total. The van der Waals surface area contributed by atoms with Crippen LogP contribution in [0.25, 0.3) is 0 Å². The van der Waals surface area contributed by atoms with Crippen LogP contribution in [-0.4, -0.2) is 23.5 Å².